The minimum Gasteiger partial charge on any atom is -0.387 e. The molecular weight excluding hydrogens is 252 g/mol. The van der Waals surface area contributed by atoms with E-state index in [-0.39, 0.29) is 4.90 Å². The van der Waals surface area contributed by atoms with E-state index in [2.05, 4.69) is 10.3 Å². The molecule has 0 aliphatic carbocycles. The highest BCUT2D eigenvalue weighted by Gasteiger charge is 2.26. The third-order valence-electron chi connectivity index (χ3n) is 2.14. The van der Waals surface area contributed by atoms with Crippen molar-refractivity contribution in [2.24, 2.45) is 0 Å². The molecular formula is C9H13F2N3O2S. The molecule has 5 nitrogen and oxygen atoms in total. The molecule has 0 saturated carbocycles. The third-order valence-corrected chi connectivity index (χ3v) is 3.99. The van der Waals surface area contributed by atoms with E-state index in [1.54, 1.807) is 7.05 Å². The van der Waals surface area contributed by atoms with Crippen LogP contribution >= 0.6 is 0 Å². The highest BCUT2D eigenvalue weighted by molar-refractivity contribution is 7.89. The number of sulfonamides is 1. The van der Waals surface area contributed by atoms with Crippen molar-refractivity contribution in [3.05, 3.63) is 18.5 Å². The summed E-state index contributed by atoms with van der Waals surface area (Å²) >= 11 is 0. The van der Waals surface area contributed by atoms with Crippen LogP contribution in [0.5, 0.6) is 0 Å². The van der Waals surface area contributed by atoms with Crippen molar-refractivity contribution in [2.75, 3.05) is 26.0 Å². The van der Waals surface area contributed by atoms with E-state index < -0.39 is 23.0 Å². The predicted octanol–water partition coefficient (Wildman–Crippen LogP) is 1.01. The lowest BCUT2D eigenvalue weighted by atomic mass is 10.4. The summed E-state index contributed by atoms with van der Waals surface area (Å²) in [7, 11) is -1.30. The van der Waals surface area contributed by atoms with Gasteiger partial charge in [-0.2, -0.15) is 4.31 Å². The van der Waals surface area contributed by atoms with Crippen molar-refractivity contribution < 1.29 is 17.2 Å². The molecule has 0 amide bonds. The molecule has 0 bridgehead atoms. The first-order valence-corrected chi connectivity index (χ1v) is 6.20. The molecule has 0 unspecified atom stereocenters. The summed E-state index contributed by atoms with van der Waals surface area (Å²) in [6.07, 6.45) is -0.175. The van der Waals surface area contributed by atoms with Crippen LogP contribution in [0.1, 0.15) is 0 Å². The number of hydrogen-bond acceptors (Lipinski definition) is 4. The Morgan fingerprint density at radius 2 is 2.18 bits per heavy atom. The zero-order chi connectivity index (χ0) is 13.1. The van der Waals surface area contributed by atoms with Gasteiger partial charge in [-0.1, -0.05) is 0 Å². The van der Waals surface area contributed by atoms with Crippen LogP contribution < -0.4 is 5.32 Å². The van der Waals surface area contributed by atoms with Crippen molar-refractivity contribution in [1.29, 1.82) is 0 Å². The van der Waals surface area contributed by atoms with Gasteiger partial charge >= 0.3 is 0 Å². The Bertz CT molecular complexity index is 479. The van der Waals surface area contributed by atoms with Gasteiger partial charge in [-0.25, -0.2) is 17.2 Å². The Morgan fingerprint density at radius 3 is 2.71 bits per heavy atom. The van der Waals surface area contributed by atoms with Crippen molar-refractivity contribution in [2.45, 2.75) is 11.3 Å². The van der Waals surface area contributed by atoms with E-state index in [4.69, 9.17) is 0 Å². The lowest BCUT2D eigenvalue weighted by Crippen LogP contribution is -2.31. The summed E-state index contributed by atoms with van der Waals surface area (Å²) in [5.74, 6) is 0. The number of hydrogen-bond donors (Lipinski definition) is 1. The molecule has 1 aromatic rings. The number of nitrogens with zero attached hydrogens (tertiary/aromatic N) is 2. The van der Waals surface area contributed by atoms with Crippen LogP contribution in [0.25, 0.3) is 0 Å². The number of rotatable bonds is 5. The SMILES string of the molecule is CNc1ccncc1S(=O)(=O)N(C)CC(F)F. The number of nitrogens with one attached hydrogen (secondary N) is 1. The fourth-order valence-electron chi connectivity index (χ4n) is 1.25. The van der Waals surface area contributed by atoms with Crippen molar-refractivity contribution in [1.82, 2.24) is 9.29 Å². The van der Waals surface area contributed by atoms with Crippen molar-refractivity contribution >= 4 is 15.7 Å². The summed E-state index contributed by atoms with van der Waals surface area (Å²) < 4.78 is 48.9. The summed E-state index contributed by atoms with van der Waals surface area (Å²) in [6, 6.07) is 1.46. The van der Waals surface area contributed by atoms with Crippen LogP contribution in [-0.2, 0) is 10.0 Å². The Hall–Kier alpha value is -1.28. The van der Waals surface area contributed by atoms with Gasteiger partial charge in [0.1, 0.15) is 4.90 Å². The Kier molecular flexibility index (Phi) is 4.35. The van der Waals surface area contributed by atoms with E-state index in [0.717, 1.165) is 13.2 Å². The normalized spacial score (nSPS) is 12.1. The van der Waals surface area contributed by atoms with Crippen LogP contribution in [0.3, 0.4) is 0 Å². The van der Waals surface area contributed by atoms with E-state index in [0.29, 0.717) is 9.99 Å². The average Bonchev–Trinajstić information content (AvgIpc) is 2.28. The van der Waals surface area contributed by atoms with Crippen LogP contribution in [0.4, 0.5) is 14.5 Å². The molecule has 1 aromatic heterocycles. The van der Waals surface area contributed by atoms with Crippen LogP contribution in [0, 0.1) is 0 Å². The molecule has 0 spiro atoms. The zero-order valence-corrected chi connectivity index (χ0v) is 10.2. The van der Waals surface area contributed by atoms with Gasteiger partial charge in [0.2, 0.25) is 10.0 Å². The molecule has 0 atom stereocenters. The number of halogens is 2. The molecule has 1 heterocycles. The summed E-state index contributed by atoms with van der Waals surface area (Å²) in [4.78, 5) is 3.57. The Balaban J connectivity index is 3.13. The highest BCUT2D eigenvalue weighted by atomic mass is 32.2. The van der Waals surface area contributed by atoms with Crippen LogP contribution in [0.2, 0.25) is 0 Å². The monoisotopic (exact) mass is 265 g/mol. The third kappa shape index (κ3) is 3.10. The first-order chi connectivity index (χ1) is 7.89. The maximum atomic E-state index is 12.2. The first kappa shape index (κ1) is 13.8. The molecule has 1 N–H and O–H groups in total. The molecule has 1 rings (SSSR count). The second kappa shape index (κ2) is 5.37. The van der Waals surface area contributed by atoms with Gasteiger partial charge in [-0.15, -0.1) is 0 Å². The van der Waals surface area contributed by atoms with Crippen LogP contribution in [0.15, 0.2) is 23.4 Å². The van der Waals surface area contributed by atoms with E-state index >= 15 is 0 Å². The molecule has 0 saturated heterocycles. The number of anilines is 1. The molecule has 0 aliphatic heterocycles. The Labute approximate surface area is 98.5 Å². The second-order valence-corrected chi connectivity index (χ2v) is 5.31. The maximum absolute atomic E-state index is 12.2. The summed E-state index contributed by atoms with van der Waals surface area (Å²) in [5, 5.41) is 2.68. The van der Waals surface area contributed by atoms with Gasteiger partial charge in [0, 0.05) is 26.5 Å². The van der Waals surface area contributed by atoms with Crippen molar-refractivity contribution in [3.8, 4) is 0 Å². The van der Waals surface area contributed by atoms with E-state index in [1.165, 1.54) is 12.3 Å². The molecule has 96 valence electrons. The number of aromatic nitrogens is 1. The summed E-state index contributed by atoms with van der Waals surface area (Å²) in [5.41, 5.74) is 0.320. The fourth-order valence-corrected chi connectivity index (χ4v) is 2.54. The van der Waals surface area contributed by atoms with Gasteiger partial charge in [0.25, 0.3) is 6.43 Å². The molecule has 8 heteroatoms. The first-order valence-electron chi connectivity index (χ1n) is 4.76. The molecule has 17 heavy (non-hydrogen) atoms. The lowest BCUT2D eigenvalue weighted by Gasteiger charge is -2.18. The fraction of sp³-hybridized carbons (Fsp3) is 0.444. The standard InChI is InChI=1S/C9H13F2N3O2S/c1-12-7-3-4-13-5-8(7)17(15,16)14(2)6-9(10)11/h3-5,9H,6H2,1-2H3,(H,12,13). The molecule has 0 fully saturated rings. The maximum Gasteiger partial charge on any atom is 0.252 e. The highest BCUT2D eigenvalue weighted by Crippen LogP contribution is 2.22. The van der Waals surface area contributed by atoms with E-state index in [1.807, 2.05) is 0 Å². The van der Waals surface area contributed by atoms with Gasteiger partial charge < -0.3 is 5.32 Å². The lowest BCUT2D eigenvalue weighted by molar-refractivity contribution is 0.126. The quantitative estimate of drug-likeness (QED) is 0.863. The van der Waals surface area contributed by atoms with Gasteiger partial charge in [0.15, 0.2) is 0 Å². The zero-order valence-electron chi connectivity index (χ0n) is 9.39. The van der Waals surface area contributed by atoms with Crippen LogP contribution in [-0.4, -0.2) is 44.8 Å². The minimum atomic E-state index is -3.95. The molecule has 0 aromatic carbocycles. The molecule has 0 aliphatic rings. The van der Waals surface area contributed by atoms with Crippen molar-refractivity contribution in [3.63, 3.8) is 0 Å². The summed E-state index contributed by atoms with van der Waals surface area (Å²) in [6.45, 7) is -0.847. The minimum absolute atomic E-state index is 0.120. The van der Waals surface area contributed by atoms with E-state index in [9.17, 15) is 17.2 Å². The largest absolute Gasteiger partial charge is 0.387 e. The Morgan fingerprint density at radius 1 is 1.53 bits per heavy atom. The number of alkyl halides is 2. The van der Waals surface area contributed by atoms with Gasteiger partial charge in [0.05, 0.1) is 12.2 Å². The van der Waals surface area contributed by atoms with Gasteiger partial charge in [-0.3, -0.25) is 4.98 Å². The number of pyridine rings is 1. The smallest absolute Gasteiger partial charge is 0.252 e. The average molecular weight is 265 g/mol. The molecule has 0 radical (unpaired) electrons. The second-order valence-electron chi connectivity index (χ2n) is 3.30. The predicted molar refractivity (Wildman–Crippen MR) is 59.6 cm³/mol. The van der Waals surface area contributed by atoms with Gasteiger partial charge in [-0.05, 0) is 6.07 Å². The topological polar surface area (TPSA) is 62.3 Å².